The van der Waals surface area contributed by atoms with Gasteiger partial charge < -0.3 is 15.4 Å². The van der Waals surface area contributed by atoms with Crippen LogP contribution < -0.4 is 10.6 Å². The summed E-state index contributed by atoms with van der Waals surface area (Å²) >= 11 is 0. The topological polar surface area (TPSA) is 50.4 Å². The van der Waals surface area contributed by atoms with Crippen molar-refractivity contribution >= 4 is 11.6 Å². The number of rotatable bonds is 5. The number of carbonyl (C=O) groups is 1. The van der Waals surface area contributed by atoms with Gasteiger partial charge in [0.05, 0.1) is 19.1 Å². The van der Waals surface area contributed by atoms with E-state index in [1.165, 1.54) is 11.1 Å². The van der Waals surface area contributed by atoms with Crippen LogP contribution in [-0.4, -0.2) is 32.2 Å². The summed E-state index contributed by atoms with van der Waals surface area (Å²) in [5.41, 5.74) is 3.37. The lowest BCUT2D eigenvalue weighted by Crippen LogP contribution is -2.39. The van der Waals surface area contributed by atoms with E-state index >= 15 is 0 Å². The van der Waals surface area contributed by atoms with Crippen molar-refractivity contribution in [1.29, 1.82) is 0 Å². The fraction of sp³-hybridized carbons (Fsp3) is 0.562. The van der Waals surface area contributed by atoms with Gasteiger partial charge in [0.15, 0.2) is 0 Å². The zero-order chi connectivity index (χ0) is 14.5. The molecular weight excluding hydrogens is 252 g/mol. The molecule has 1 saturated heterocycles. The molecule has 110 valence electrons. The largest absolute Gasteiger partial charge is 0.379 e. The number of hydrogen-bond acceptors (Lipinski definition) is 3. The third-order valence-electron chi connectivity index (χ3n) is 4.04. The van der Waals surface area contributed by atoms with Gasteiger partial charge in [-0.2, -0.15) is 0 Å². The summed E-state index contributed by atoms with van der Waals surface area (Å²) in [4.78, 5) is 12.5. The van der Waals surface area contributed by atoms with Gasteiger partial charge in [-0.1, -0.05) is 32.0 Å². The van der Waals surface area contributed by atoms with Crippen molar-refractivity contribution in [3.63, 3.8) is 0 Å². The standard InChI is InChI=1S/C16H24N2O2/c1-4-11-7-6-8-12(5-2)15(11)18-16(19)13-9-20-10-14(13)17-3/h6-8,13-14,17H,4-5,9-10H2,1-3H3,(H,18,19). The Balaban J connectivity index is 2.19. The number of benzene rings is 1. The molecule has 0 spiro atoms. The second-order valence-corrected chi connectivity index (χ2v) is 5.19. The Morgan fingerprint density at radius 1 is 1.25 bits per heavy atom. The van der Waals surface area contributed by atoms with Crippen molar-refractivity contribution in [2.75, 3.05) is 25.6 Å². The van der Waals surface area contributed by atoms with Crippen LogP contribution in [0, 0.1) is 5.92 Å². The predicted octanol–water partition coefficient (Wildman–Crippen LogP) is 1.98. The van der Waals surface area contributed by atoms with E-state index in [0.29, 0.717) is 13.2 Å². The maximum Gasteiger partial charge on any atom is 0.231 e. The van der Waals surface area contributed by atoms with Gasteiger partial charge in [-0.15, -0.1) is 0 Å². The van der Waals surface area contributed by atoms with Crippen LogP contribution in [0.1, 0.15) is 25.0 Å². The quantitative estimate of drug-likeness (QED) is 0.864. The first kappa shape index (κ1) is 15.0. The Kier molecular flexibility index (Phi) is 5.15. The number of para-hydroxylation sites is 1. The molecule has 1 aromatic carbocycles. The molecule has 4 nitrogen and oxygen atoms in total. The molecule has 1 aliphatic heterocycles. The molecule has 2 unspecified atom stereocenters. The molecule has 1 fully saturated rings. The minimum absolute atomic E-state index is 0.0532. The summed E-state index contributed by atoms with van der Waals surface area (Å²) in [5.74, 6) is -0.0629. The maximum absolute atomic E-state index is 12.5. The number of likely N-dealkylation sites (N-methyl/N-ethyl adjacent to an activating group) is 1. The van der Waals surface area contributed by atoms with Crippen LogP contribution in [0.15, 0.2) is 18.2 Å². The van der Waals surface area contributed by atoms with E-state index in [0.717, 1.165) is 18.5 Å². The molecule has 4 heteroatoms. The van der Waals surface area contributed by atoms with Crippen LogP contribution in [0.4, 0.5) is 5.69 Å². The molecule has 2 rings (SSSR count). The Hall–Kier alpha value is -1.39. The molecule has 1 amide bonds. The summed E-state index contributed by atoms with van der Waals surface area (Å²) in [5, 5.41) is 6.28. The van der Waals surface area contributed by atoms with E-state index in [9.17, 15) is 4.79 Å². The molecule has 1 heterocycles. The monoisotopic (exact) mass is 276 g/mol. The molecule has 0 aromatic heterocycles. The van der Waals surface area contributed by atoms with Crippen molar-refractivity contribution in [2.24, 2.45) is 5.92 Å². The first-order valence-electron chi connectivity index (χ1n) is 7.37. The van der Waals surface area contributed by atoms with E-state index in [1.54, 1.807) is 0 Å². The molecule has 2 atom stereocenters. The van der Waals surface area contributed by atoms with Crippen LogP contribution in [0.25, 0.3) is 0 Å². The Morgan fingerprint density at radius 3 is 2.45 bits per heavy atom. The third-order valence-corrected chi connectivity index (χ3v) is 4.04. The molecule has 0 aliphatic carbocycles. The number of carbonyl (C=O) groups excluding carboxylic acids is 1. The van der Waals surface area contributed by atoms with Crippen LogP contribution in [0.3, 0.4) is 0 Å². The van der Waals surface area contributed by atoms with Gasteiger partial charge >= 0.3 is 0 Å². The average molecular weight is 276 g/mol. The Morgan fingerprint density at radius 2 is 1.90 bits per heavy atom. The smallest absolute Gasteiger partial charge is 0.231 e. The summed E-state index contributed by atoms with van der Waals surface area (Å²) in [7, 11) is 1.87. The summed E-state index contributed by atoms with van der Waals surface area (Å²) in [6.45, 7) is 5.32. The van der Waals surface area contributed by atoms with Crippen molar-refractivity contribution in [2.45, 2.75) is 32.7 Å². The number of aryl methyl sites for hydroxylation is 2. The van der Waals surface area contributed by atoms with Crippen molar-refractivity contribution in [1.82, 2.24) is 5.32 Å². The zero-order valence-electron chi connectivity index (χ0n) is 12.5. The third kappa shape index (κ3) is 3.02. The van der Waals surface area contributed by atoms with Gasteiger partial charge in [0.1, 0.15) is 0 Å². The van der Waals surface area contributed by atoms with E-state index in [1.807, 2.05) is 7.05 Å². The number of nitrogens with one attached hydrogen (secondary N) is 2. The minimum Gasteiger partial charge on any atom is -0.379 e. The molecule has 0 radical (unpaired) electrons. The minimum atomic E-state index is -0.116. The number of hydrogen-bond donors (Lipinski definition) is 2. The Labute approximate surface area is 120 Å². The van der Waals surface area contributed by atoms with E-state index in [4.69, 9.17) is 4.74 Å². The SMILES string of the molecule is CCc1cccc(CC)c1NC(=O)C1COCC1NC. The van der Waals surface area contributed by atoms with E-state index in [2.05, 4.69) is 42.7 Å². The fourth-order valence-electron chi connectivity index (χ4n) is 2.72. The fourth-order valence-corrected chi connectivity index (χ4v) is 2.72. The van der Waals surface area contributed by atoms with E-state index in [-0.39, 0.29) is 17.9 Å². The summed E-state index contributed by atoms with van der Waals surface area (Å²) < 4.78 is 5.41. The number of anilines is 1. The van der Waals surface area contributed by atoms with Crippen LogP contribution in [0.2, 0.25) is 0 Å². The average Bonchev–Trinajstić information content (AvgIpc) is 2.95. The van der Waals surface area contributed by atoms with Crippen LogP contribution >= 0.6 is 0 Å². The van der Waals surface area contributed by atoms with Crippen molar-refractivity contribution in [3.8, 4) is 0 Å². The van der Waals surface area contributed by atoms with Gasteiger partial charge in [0.2, 0.25) is 5.91 Å². The number of ether oxygens (including phenoxy) is 1. The highest BCUT2D eigenvalue weighted by Crippen LogP contribution is 2.24. The molecule has 0 bridgehead atoms. The normalized spacial score (nSPS) is 21.9. The van der Waals surface area contributed by atoms with Gasteiger partial charge in [-0.05, 0) is 31.0 Å². The second kappa shape index (κ2) is 6.86. The maximum atomic E-state index is 12.5. The highest BCUT2D eigenvalue weighted by Gasteiger charge is 2.33. The first-order valence-corrected chi connectivity index (χ1v) is 7.37. The van der Waals surface area contributed by atoms with Crippen molar-refractivity contribution < 1.29 is 9.53 Å². The Bertz CT molecular complexity index is 451. The lowest BCUT2D eigenvalue weighted by atomic mass is 10.00. The molecule has 2 N–H and O–H groups in total. The lowest BCUT2D eigenvalue weighted by Gasteiger charge is -2.19. The molecule has 1 aliphatic rings. The highest BCUT2D eigenvalue weighted by atomic mass is 16.5. The van der Waals surface area contributed by atoms with E-state index < -0.39 is 0 Å². The van der Waals surface area contributed by atoms with Crippen molar-refractivity contribution in [3.05, 3.63) is 29.3 Å². The van der Waals surface area contributed by atoms with Crippen LogP contribution in [0.5, 0.6) is 0 Å². The molecule has 20 heavy (non-hydrogen) atoms. The summed E-state index contributed by atoms with van der Waals surface area (Å²) in [6, 6.07) is 6.32. The number of amides is 1. The van der Waals surface area contributed by atoms with Gasteiger partial charge in [0.25, 0.3) is 0 Å². The molecule has 1 aromatic rings. The highest BCUT2D eigenvalue weighted by molar-refractivity contribution is 5.94. The predicted molar refractivity (Wildman–Crippen MR) is 81.0 cm³/mol. The van der Waals surface area contributed by atoms with Gasteiger partial charge in [0, 0.05) is 11.7 Å². The molecular formula is C16H24N2O2. The lowest BCUT2D eigenvalue weighted by molar-refractivity contribution is -0.120. The second-order valence-electron chi connectivity index (χ2n) is 5.19. The van der Waals surface area contributed by atoms with Crippen LogP contribution in [-0.2, 0) is 22.4 Å². The molecule has 0 saturated carbocycles. The zero-order valence-corrected chi connectivity index (χ0v) is 12.5. The first-order chi connectivity index (χ1) is 9.71. The summed E-state index contributed by atoms with van der Waals surface area (Å²) in [6.07, 6.45) is 1.83. The van der Waals surface area contributed by atoms with Gasteiger partial charge in [-0.25, -0.2) is 0 Å². The van der Waals surface area contributed by atoms with Gasteiger partial charge in [-0.3, -0.25) is 4.79 Å².